The molecule has 152 valence electrons. The first-order chi connectivity index (χ1) is 14.1. The molecule has 0 bridgehead atoms. The molecule has 1 unspecified atom stereocenters. The highest BCUT2D eigenvalue weighted by molar-refractivity contribution is 6.31. The van der Waals surface area contributed by atoms with E-state index in [0.717, 1.165) is 49.4 Å². The molecule has 3 heterocycles. The third-order valence-corrected chi connectivity index (χ3v) is 5.57. The highest BCUT2D eigenvalue weighted by Crippen LogP contribution is 2.20. The average Bonchev–Trinajstić information content (AvgIpc) is 3.11. The fourth-order valence-electron chi connectivity index (χ4n) is 3.90. The standard InChI is InChI=1S/C22H26ClN5O/c1-17(15-26-10-12-27(13-11-26)21-4-2-3-8-24-21)25-22(29)16-28-9-7-18-5-6-19(23)14-20(18)28/h2-9,14,17H,10-13,15-16H2,1H3,(H,25,29). The molecule has 0 spiro atoms. The fraction of sp³-hybridized carbons (Fsp3) is 0.364. The van der Waals surface area contributed by atoms with Gasteiger partial charge in [-0.15, -0.1) is 0 Å². The van der Waals surface area contributed by atoms with Crippen molar-refractivity contribution < 1.29 is 4.79 Å². The van der Waals surface area contributed by atoms with Gasteiger partial charge in [-0.3, -0.25) is 9.69 Å². The van der Waals surface area contributed by atoms with Crippen LogP contribution in [-0.4, -0.2) is 59.1 Å². The SMILES string of the molecule is CC(CN1CCN(c2ccccn2)CC1)NC(=O)Cn1ccc2ccc(Cl)cc21. The lowest BCUT2D eigenvalue weighted by Crippen LogP contribution is -2.51. The first kappa shape index (κ1) is 19.7. The minimum absolute atomic E-state index is 0.0158. The maximum Gasteiger partial charge on any atom is 0.240 e. The summed E-state index contributed by atoms with van der Waals surface area (Å²) in [5.41, 5.74) is 0.978. The minimum Gasteiger partial charge on any atom is -0.354 e. The quantitative estimate of drug-likeness (QED) is 0.677. The predicted octanol–water partition coefficient (Wildman–Crippen LogP) is 3.02. The van der Waals surface area contributed by atoms with Gasteiger partial charge in [0, 0.05) is 61.7 Å². The summed E-state index contributed by atoms with van der Waals surface area (Å²) in [5.74, 6) is 1.05. The van der Waals surface area contributed by atoms with Crippen molar-refractivity contribution in [3.63, 3.8) is 0 Å². The third-order valence-electron chi connectivity index (χ3n) is 5.33. The monoisotopic (exact) mass is 411 g/mol. The van der Waals surface area contributed by atoms with Crippen molar-refractivity contribution in [1.82, 2.24) is 19.8 Å². The van der Waals surface area contributed by atoms with Gasteiger partial charge in [-0.1, -0.05) is 23.7 Å². The number of hydrogen-bond acceptors (Lipinski definition) is 4. The highest BCUT2D eigenvalue weighted by atomic mass is 35.5. The van der Waals surface area contributed by atoms with Crippen LogP contribution in [0.3, 0.4) is 0 Å². The molecule has 1 aliphatic rings. The van der Waals surface area contributed by atoms with Crippen molar-refractivity contribution >= 4 is 34.2 Å². The van der Waals surface area contributed by atoms with Gasteiger partial charge in [-0.2, -0.15) is 0 Å². The van der Waals surface area contributed by atoms with E-state index in [1.54, 1.807) is 0 Å². The Balaban J connectivity index is 1.26. The van der Waals surface area contributed by atoms with Crippen LogP contribution in [0.4, 0.5) is 5.82 Å². The average molecular weight is 412 g/mol. The lowest BCUT2D eigenvalue weighted by Gasteiger charge is -2.36. The van der Waals surface area contributed by atoms with Crippen LogP contribution in [0.15, 0.2) is 54.9 Å². The Kier molecular flexibility index (Phi) is 6.02. The van der Waals surface area contributed by atoms with Crippen molar-refractivity contribution in [2.75, 3.05) is 37.6 Å². The first-order valence-electron chi connectivity index (χ1n) is 10.0. The van der Waals surface area contributed by atoms with Gasteiger partial charge in [0.25, 0.3) is 0 Å². The zero-order valence-corrected chi connectivity index (χ0v) is 17.3. The Morgan fingerprint density at radius 1 is 1.17 bits per heavy atom. The van der Waals surface area contributed by atoms with Crippen molar-refractivity contribution in [2.24, 2.45) is 0 Å². The van der Waals surface area contributed by atoms with E-state index in [9.17, 15) is 4.79 Å². The van der Waals surface area contributed by atoms with Gasteiger partial charge in [0.15, 0.2) is 0 Å². The van der Waals surface area contributed by atoms with Crippen LogP contribution in [0.25, 0.3) is 10.9 Å². The van der Waals surface area contributed by atoms with Gasteiger partial charge >= 0.3 is 0 Å². The molecule has 2 aromatic heterocycles. The number of hydrogen-bond donors (Lipinski definition) is 1. The molecule has 3 aromatic rings. The van der Waals surface area contributed by atoms with Crippen LogP contribution in [0, 0.1) is 0 Å². The number of halogens is 1. The molecule has 0 aliphatic carbocycles. The number of amides is 1. The Morgan fingerprint density at radius 2 is 2.00 bits per heavy atom. The molecular weight excluding hydrogens is 386 g/mol. The maximum absolute atomic E-state index is 12.5. The number of benzene rings is 1. The van der Waals surface area contributed by atoms with E-state index >= 15 is 0 Å². The molecule has 4 rings (SSSR count). The van der Waals surface area contributed by atoms with Crippen LogP contribution in [-0.2, 0) is 11.3 Å². The number of pyridine rings is 1. The van der Waals surface area contributed by atoms with E-state index in [1.165, 1.54) is 0 Å². The van der Waals surface area contributed by atoms with Crippen LogP contribution in [0.1, 0.15) is 6.92 Å². The molecule has 0 saturated carbocycles. The highest BCUT2D eigenvalue weighted by Gasteiger charge is 2.20. The molecule has 7 heteroatoms. The largest absolute Gasteiger partial charge is 0.354 e. The zero-order valence-electron chi connectivity index (χ0n) is 16.6. The molecule has 0 radical (unpaired) electrons. The second kappa shape index (κ2) is 8.84. The summed E-state index contributed by atoms with van der Waals surface area (Å²) < 4.78 is 1.94. The summed E-state index contributed by atoms with van der Waals surface area (Å²) in [7, 11) is 0. The van der Waals surface area contributed by atoms with E-state index in [4.69, 9.17) is 11.6 Å². The minimum atomic E-state index is 0.0158. The number of nitrogens with one attached hydrogen (secondary N) is 1. The van der Waals surface area contributed by atoms with Crippen molar-refractivity contribution in [2.45, 2.75) is 19.5 Å². The Hall–Kier alpha value is -2.57. The molecule has 1 N–H and O–H groups in total. The number of aromatic nitrogens is 2. The smallest absolute Gasteiger partial charge is 0.240 e. The van der Waals surface area contributed by atoms with Crippen molar-refractivity contribution in [3.05, 3.63) is 59.9 Å². The topological polar surface area (TPSA) is 53.4 Å². The summed E-state index contributed by atoms with van der Waals surface area (Å²) in [6, 6.07) is 13.8. The second-order valence-electron chi connectivity index (χ2n) is 7.59. The normalized spacial score (nSPS) is 16.1. The molecule has 1 atom stereocenters. The summed E-state index contributed by atoms with van der Waals surface area (Å²) in [6.07, 6.45) is 3.77. The van der Waals surface area contributed by atoms with E-state index in [2.05, 4.69) is 33.1 Å². The summed E-state index contributed by atoms with van der Waals surface area (Å²) in [4.78, 5) is 21.7. The van der Waals surface area contributed by atoms with Gasteiger partial charge in [0.05, 0.1) is 0 Å². The lowest BCUT2D eigenvalue weighted by molar-refractivity contribution is -0.122. The molecule has 6 nitrogen and oxygen atoms in total. The fourth-order valence-corrected chi connectivity index (χ4v) is 4.07. The van der Waals surface area contributed by atoms with Crippen LogP contribution < -0.4 is 10.2 Å². The number of carbonyl (C=O) groups is 1. The summed E-state index contributed by atoms with van der Waals surface area (Å²) >= 11 is 6.10. The Bertz CT molecular complexity index is 966. The van der Waals surface area contributed by atoms with Gasteiger partial charge < -0.3 is 14.8 Å². The Morgan fingerprint density at radius 3 is 2.76 bits per heavy atom. The van der Waals surface area contributed by atoms with Crippen molar-refractivity contribution in [1.29, 1.82) is 0 Å². The van der Waals surface area contributed by atoms with E-state index in [1.807, 2.05) is 53.4 Å². The second-order valence-corrected chi connectivity index (χ2v) is 8.03. The van der Waals surface area contributed by atoms with Crippen molar-refractivity contribution in [3.8, 4) is 0 Å². The number of fused-ring (bicyclic) bond motifs is 1. The number of rotatable bonds is 6. The molecule has 1 amide bonds. The van der Waals surface area contributed by atoms with Gasteiger partial charge in [0.1, 0.15) is 12.4 Å². The number of anilines is 1. The van der Waals surface area contributed by atoms with Gasteiger partial charge in [0.2, 0.25) is 5.91 Å². The predicted molar refractivity (Wildman–Crippen MR) is 117 cm³/mol. The van der Waals surface area contributed by atoms with Gasteiger partial charge in [-0.25, -0.2) is 4.98 Å². The zero-order chi connectivity index (χ0) is 20.2. The van der Waals surface area contributed by atoms with Crippen LogP contribution >= 0.6 is 11.6 Å². The molecule has 1 saturated heterocycles. The van der Waals surface area contributed by atoms with E-state index in [0.29, 0.717) is 11.6 Å². The molecule has 1 fully saturated rings. The van der Waals surface area contributed by atoms with E-state index in [-0.39, 0.29) is 11.9 Å². The third kappa shape index (κ3) is 4.89. The number of nitrogens with zero attached hydrogens (tertiary/aromatic N) is 4. The first-order valence-corrected chi connectivity index (χ1v) is 10.4. The van der Waals surface area contributed by atoms with E-state index < -0.39 is 0 Å². The lowest BCUT2D eigenvalue weighted by atomic mass is 10.2. The van der Waals surface area contributed by atoms with Gasteiger partial charge in [-0.05, 0) is 42.6 Å². The molecular formula is C22H26ClN5O. The maximum atomic E-state index is 12.5. The summed E-state index contributed by atoms with van der Waals surface area (Å²) in [5, 5.41) is 4.89. The van der Waals surface area contributed by atoms with Crippen LogP contribution in [0.2, 0.25) is 5.02 Å². The Labute approximate surface area is 176 Å². The number of piperazine rings is 1. The summed E-state index contributed by atoms with van der Waals surface area (Å²) in [6.45, 7) is 7.05. The van der Waals surface area contributed by atoms with Crippen LogP contribution in [0.5, 0.6) is 0 Å². The number of carbonyl (C=O) groups excluding carboxylic acids is 1. The molecule has 29 heavy (non-hydrogen) atoms. The molecule has 1 aliphatic heterocycles. The molecule has 1 aromatic carbocycles.